The number of hydrogen-bond acceptors (Lipinski definition) is 3. The largest absolute Gasteiger partial charge is 0.465 e. The Labute approximate surface area is 96.1 Å². The van der Waals surface area contributed by atoms with Gasteiger partial charge in [0.2, 0.25) is 0 Å². The van der Waals surface area contributed by atoms with E-state index in [1.165, 1.54) is 7.11 Å². The van der Waals surface area contributed by atoms with Crippen LogP contribution in [0.4, 0.5) is 0 Å². The number of carbonyl (C=O) groups excluding carboxylic acids is 1. The summed E-state index contributed by atoms with van der Waals surface area (Å²) >= 11 is 0. The Bertz CT molecular complexity index is 363. The normalized spacial score (nSPS) is 14.6. The number of aliphatic hydroxyl groups is 1. The molecule has 0 aliphatic carbocycles. The highest BCUT2D eigenvalue weighted by molar-refractivity contribution is 5.89. The van der Waals surface area contributed by atoms with Gasteiger partial charge in [-0.2, -0.15) is 0 Å². The van der Waals surface area contributed by atoms with Crippen LogP contribution in [0.3, 0.4) is 0 Å². The van der Waals surface area contributed by atoms with Crippen LogP contribution in [-0.4, -0.2) is 18.2 Å². The SMILES string of the molecule is COC(=O)c1ccc([C@@](C)(O)C(C)C)cc1. The van der Waals surface area contributed by atoms with Crippen molar-refractivity contribution in [2.24, 2.45) is 5.92 Å². The minimum absolute atomic E-state index is 0.108. The van der Waals surface area contributed by atoms with Crippen molar-refractivity contribution in [3.05, 3.63) is 35.4 Å². The average Bonchev–Trinajstić information content (AvgIpc) is 2.28. The highest BCUT2D eigenvalue weighted by Crippen LogP contribution is 2.28. The first-order valence-corrected chi connectivity index (χ1v) is 5.30. The van der Waals surface area contributed by atoms with Gasteiger partial charge in [0, 0.05) is 0 Å². The zero-order chi connectivity index (χ0) is 12.3. The molecule has 0 saturated carbocycles. The summed E-state index contributed by atoms with van der Waals surface area (Å²) in [5.74, 6) is -0.257. The minimum atomic E-state index is -0.880. The van der Waals surface area contributed by atoms with Gasteiger partial charge in [0.25, 0.3) is 0 Å². The second-order valence-electron chi connectivity index (χ2n) is 4.37. The first kappa shape index (κ1) is 12.7. The van der Waals surface area contributed by atoms with E-state index in [1.54, 1.807) is 31.2 Å². The summed E-state index contributed by atoms with van der Waals surface area (Å²) in [6, 6.07) is 6.84. The molecule has 1 rings (SSSR count). The minimum Gasteiger partial charge on any atom is -0.465 e. The maximum Gasteiger partial charge on any atom is 0.337 e. The summed E-state index contributed by atoms with van der Waals surface area (Å²) in [6.07, 6.45) is 0. The van der Waals surface area contributed by atoms with Crippen molar-refractivity contribution in [2.45, 2.75) is 26.4 Å². The fourth-order valence-electron chi connectivity index (χ4n) is 1.39. The van der Waals surface area contributed by atoms with E-state index in [9.17, 15) is 9.90 Å². The molecular formula is C13H18O3. The third-order valence-electron chi connectivity index (χ3n) is 3.01. The van der Waals surface area contributed by atoms with Crippen molar-refractivity contribution in [1.82, 2.24) is 0 Å². The molecule has 0 heterocycles. The molecule has 0 fully saturated rings. The average molecular weight is 222 g/mol. The van der Waals surface area contributed by atoms with Crippen LogP contribution in [-0.2, 0) is 10.3 Å². The van der Waals surface area contributed by atoms with E-state index >= 15 is 0 Å². The Morgan fingerprint density at radius 2 is 1.81 bits per heavy atom. The Morgan fingerprint density at radius 3 is 2.19 bits per heavy atom. The van der Waals surface area contributed by atoms with Gasteiger partial charge in [-0.3, -0.25) is 0 Å². The van der Waals surface area contributed by atoms with Gasteiger partial charge in [0.15, 0.2) is 0 Å². The smallest absolute Gasteiger partial charge is 0.337 e. The van der Waals surface area contributed by atoms with Gasteiger partial charge in [0.05, 0.1) is 18.3 Å². The van der Waals surface area contributed by atoms with Crippen molar-refractivity contribution in [3.63, 3.8) is 0 Å². The summed E-state index contributed by atoms with van der Waals surface area (Å²) < 4.78 is 4.61. The molecule has 0 aliphatic heterocycles. The van der Waals surface area contributed by atoms with Crippen molar-refractivity contribution in [3.8, 4) is 0 Å². The number of hydrogen-bond donors (Lipinski definition) is 1. The van der Waals surface area contributed by atoms with E-state index in [0.29, 0.717) is 5.56 Å². The number of esters is 1. The summed E-state index contributed by atoms with van der Waals surface area (Å²) in [6.45, 7) is 5.67. The molecule has 1 atom stereocenters. The molecular weight excluding hydrogens is 204 g/mol. The number of carbonyl (C=O) groups is 1. The fraction of sp³-hybridized carbons (Fsp3) is 0.462. The van der Waals surface area contributed by atoms with Gasteiger partial charge in [-0.25, -0.2) is 4.79 Å². The summed E-state index contributed by atoms with van der Waals surface area (Å²) in [4.78, 5) is 11.2. The number of methoxy groups -OCH3 is 1. The molecule has 0 aliphatic rings. The molecule has 1 aromatic rings. The Morgan fingerprint density at radius 1 is 1.31 bits per heavy atom. The van der Waals surface area contributed by atoms with Crippen molar-refractivity contribution in [1.29, 1.82) is 0 Å². The molecule has 16 heavy (non-hydrogen) atoms. The molecule has 3 heteroatoms. The predicted molar refractivity (Wildman–Crippen MR) is 62.2 cm³/mol. The van der Waals surface area contributed by atoms with Crippen LogP contribution in [0, 0.1) is 5.92 Å². The summed E-state index contributed by atoms with van der Waals surface area (Å²) in [5, 5.41) is 10.2. The molecule has 0 spiro atoms. The Kier molecular flexibility index (Phi) is 3.70. The van der Waals surface area contributed by atoms with Gasteiger partial charge in [0.1, 0.15) is 0 Å². The molecule has 0 saturated heterocycles. The van der Waals surface area contributed by atoms with Crippen LogP contribution in [0.15, 0.2) is 24.3 Å². The van der Waals surface area contributed by atoms with Gasteiger partial charge >= 0.3 is 5.97 Å². The quantitative estimate of drug-likeness (QED) is 0.798. The maximum atomic E-state index is 11.2. The lowest BCUT2D eigenvalue weighted by atomic mass is 9.85. The van der Waals surface area contributed by atoms with Gasteiger partial charge in [-0.1, -0.05) is 26.0 Å². The molecule has 0 aromatic heterocycles. The highest BCUT2D eigenvalue weighted by Gasteiger charge is 2.27. The van der Waals surface area contributed by atoms with E-state index in [4.69, 9.17) is 0 Å². The predicted octanol–water partition coefficient (Wildman–Crippen LogP) is 2.34. The lowest BCUT2D eigenvalue weighted by Crippen LogP contribution is -2.27. The van der Waals surface area contributed by atoms with Gasteiger partial charge < -0.3 is 9.84 Å². The van der Waals surface area contributed by atoms with Crippen LogP contribution >= 0.6 is 0 Å². The highest BCUT2D eigenvalue weighted by atomic mass is 16.5. The molecule has 0 amide bonds. The van der Waals surface area contributed by atoms with E-state index in [0.717, 1.165) is 5.56 Å². The molecule has 3 nitrogen and oxygen atoms in total. The first-order valence-electron chi connectivity index (χ1n) is 5.30. The third kappa shape index (κ3) is 2.42. The number of benzene rings is 1. The topological polar surface area (TPSA) is 46.5 Å². The second kappa shape index (κ2) is 4.66. The lowest BCUT2D eigenvalue weighted by molar-refractivity contribution is 0.00899. The molecule has 0 unspecified atom stereocenters. The van der Waals surface area contributed by atoms with E-state index in [-0.39, 0.29) is 11.9 Å². The van der Waals surface area contributed by atoms with Gasteiger partial charge in [-0.05, 0) is 30.5 Å². The van der Waals surface area contributed by atoms with Gasteiger partial charge in [-0.15, -0.1) is 0 Å². The lowest BCUT2D eigenvalue weighted by Gasteiger charge is -2.28. The second-order valence-corrected chi connectivity index (χ2v) is 4.37. The van der Waals surface area contributed by atoms with Crippen LogP contribution in [0.25, 0.3) is 0 Å². The molecule has 0 bridgehead atoms. The van der Waals surface area contributed by atoms with Crippen LogP contribution in [0.2, 0.25) is 0 Å². The standard InChI is InChI=1S/C13H18O3/c1-9(2)13(3,15)11-7-5-10(6-8-11)12(14)16-4/h5-9,15H,1-4H3/t13-/m0/s1. The number of ether oxygens (including phenoxy) is 1. The summed E-state index contributed by atoms with van der Waals surface area (Å²) in [5.41, 5.74) is 0.412. The van der Waals surface area contributed by atoms with Crippen LogP contribution < -0.4 is 0 Å². The first-order chi connectivity index (χ1) is 7.39. The zero-order valence-corrected chi connectivity index (χ0v) is 10.2. The monoisotopic (exact) mass is 222 g/mol. The zero-order valence-electron chi connectivity index (χ0n) is 10.2. The van der Waals surface area contributed by atoms with Crippen LogP contribution in [0.5, 0.6) is 0 Å². The Balaban J connectivity index is 2.99. The van der Waals surface area contributed by atoms with Crippen LogP contribution in [0.1, 0.15) is 36.7 Å². The molecule has 1 aromatic carbocycles. The fourth-order valence-corrected chi connectivity index (χ4v) is 1.39. The molecule has 0 radical (unpaired) electrons. The van der Waals surface area contributed by atoms with E-state index < -0.39 is 5.60 Å². The van der Waals surface area contributed by atoms with E-state index in [2.05, 4.69) is 4.74 Å². The molecule has 1 N–H and O–H groups in total. The Hall–Kier alpha value is -1.35. The van der Waals surface area contributed by atoms with E-state index in [1.807, 2.05) is 13.8 Å². The van der Waals surface area contributed by atoms with Crippen molar-refractivity contribution >= 4 is 5.97 Å². The van der Waals surface area contributed by atoms with Crippen molar-refractivity contribution < 1.29 is 14.6 Å². The summed E-state index contributed by atoms with van der Waals surface area (Å²) in [7, 11) is 1.35. The number of rotatable bonds is 3. The molecule has 88 valence electrons. The third-order valence-corrected chi connectivity index (χ3v) is 3.01. The maximum absolute atomic E-state index is 11.2. The van der Waals surface area contributed by atoms with Crippen molar-refractivity contribution in [2.75, 3.05) is 7.11 Å².